The minimum Gasteiger partial charge on any atom is -0.481 e. The predicted molar refractivity (Wildman–Crippen MR) is 219 cm³/mol. The Balaban J connectivity index is 1.15. The molecule has 0 fully saturated rings. The van der Waals surface area contributed by atoms with Gasteiger partial charge in [0, 0.05) is 23.1 Å². The molecule has 1 heterocycles. The Morgan fingerprint density at radius 2 is 1.11 bits per heavy atom. The van der Waals surface area contributed by atoms with E-state index in [2.05, 4.69) is 4.72 Å². The van der Waals surface area contributed by atoms with Crippen molar-refractivity contribution in [1.82, 2.24) is 4.72 Å². The van der Waals surface area contributed by atoms with E-state index < -0.39 is 58.6 Å². The molecule has 0 bridgehead atoms. The largest absolute Gasteiger partial charge is 0.481 e. The van der Waals surface area contributed by atoms with Gasteiger partial charge in [-0.05, 0) is 35.9 Å². The van der Waals surface area contributed by atoms with E-state index >= 15 is 0 Å². The second kappa shape index (κ2) is 25.5. The van der Waals surface area contributed by atoms with Crippen LogP contribution in [0.25, 0.3) is 33.4 Å². The zero-order valence-corrected chi connectivity index (χ0v) is 35.3. The summed E-state index contributed by atoms with van der Waals surface area (Å²) in [6.45, 7) is 4.55. The molecule has 0 atom stereocenters. The molecule has 1 aliphatic heterocycles. The minimum absolute atomic E-state index is 0.0126. The number of hydrogen-bond acceptors (Lipinski definition) is 17. The third kappa shape index (κ3) is 15.3. The summed E-state index contributed by atoms with van der Waals surface area (Å²) in [5.41, 5.74) is 5.39. The fourth-order valence-corrected chi connectivity index (χ4v) is 7.82. The lowest BCUT2D eigenvalue weighted by atomic mass is 9.90. The van der Waals surface area contributed by atoms with Gasteiger partial charge in [-0.1, -0.05) is 18.2 Å². The molecule has 0 amide bonds. The molecule has 2 aromatic rings. The summed E-state index contributed by atoms with van der Waals surface area (Å²) in [5.74, 6) is -2.81. The molecule has 2 aliphatic rings. The lowest BCUT2D eigenvalue weighted by Crippen LogP contribution is -2.29. The maximum absolute atomic E-state index is 13.7. The highest BCUT2D eigenvalue weighted by atomic mass is 32.2. The fraction of sp³-hybridized carbons (Fsp3) is 0.462. The Morgan fingerprint density at radius 1 is 0.629 bits per heavy atom. The van der Waals surface area contributed by atoms with Gasteiger partial charge in [-0.25, -0.2) is 17.9 Å². The number of sulfonamides is 1. The van der Waals surface area contributed by atoms with Crippen LogP contribution in [0.1, 0.15) is 16.8 Å². The van der Waals surface area contributed by atoms with Crippen molar-refractivity contribution in [3.05, 3.63) is 59.5 Å². The predicted octanol–water partition coefficient (Wildman–Crippen LogP) is 2.10. The van der Waals surface area contributed by atoms with E-state index in [4.69, 9.17) is 58.6 Å². The molecule has 1 aliphatic carbocycles. The molecule has 0 radical (unpaired) electrons. The fourth-order valence-electron chi connectivity index (χ4n) is 5.82. The van der Waals surface area contributed by atoms with Crippen LogP contribution in [0, 0.1) is 5.41 Å². The third-order valence-electron chi connectivity index (χ3n) is 8.55. The molecular weight excluding hydrogens is 863 g/mol. The van der Waals surface area contributed by atoms with E-state index in [1.54, 1.807) is 0 Å². The van der Waals surface area contributed by atoms with Crippen molar-refractivity contribution in [3.8, 4) is 22.5 Å². The molecule has 23 heteroatoms. The Kier molecular flexibility index (Phi) is 20.5. The van der Waals surface area contributed by atoms with Crippen LogP contribution in [0.3, 0.4) is 0 Å². The summed E-state index contributed by atoms with van der Waals surface area (Å²) in [4.78, 5) is 21.1. The Morgan fingerprint density at radius 3 is 1.60 bits per heavy atom. The second-order valence-corrected chi connectivity index (χ2v) is 16.0. The van der Waals surface area contributed by atoms with Crippen LogP contribution >= 0.6 is 0 Å². The molecule has 0 saturated heterocycles. The molecule has 2 aromatic carbocycles. The minimum atomic E-state index is -5.11. The number of carboxylic acids is 2. The van der Waals surface area contributed by atoms with Gasteiger partial charge in [0.05, 0.1) is 129 Å². The van der Waals surface area contributed by atoms with Crippen molar-refractivity contribution in [2.24, 2.45) is 0 Å². The van der Waals surface area contributed by atoms with Gasteiger partial charge in [0.2, 0.25) is 10.0 Å². The number of ether oxygens (including phenoxy) is 8. The van der Waals surface area contributed by atoms with Gasteiger partial charge in [0.1, 0.15) is 4.90 Å². The van der Waals surface area contributed by atoms with E-state index in [1.807, 2.05) is 0 Å². The molecule has 0 spiro atoms. The zero-order valence-electron chi connectivity index (χ0n) is 33.7. The van der Waals surface area contributed by atoms with E-state index in [-0.39, 0.29) is 79.3 Å². The van der Waals surface area contributed by atoms with Crippen molar-refractivity contribution in [2.45, 2.75) is 16.2 Å². The van der Waals surface area contributed by atoms with Crippen LogP contribution in [0.2, 0.25) is 0 Å². The van der Waals surface area contributed by atoms with Gasteiger partial charge < -0.3 is 58.3 Å². The molecule has 0 unspecified atom stereocenters. The smallest absolute Gasteiger partial charge is 0.336 e. The van der Waals surface area contributed by atoms with Gasteiger partial charge in [0.25, 0.3) is 10.1 Å². The van der Waals surface area contributed by atoms with Gasteiger partial charge in [0.15, 0.2) is 16.2 Å². The Labute approximate surface area is 357 Å². The number of anilines is 1. The van der Waals surface area contributed by atoms with E-state index in [1.165, 1.54) is 42.5 Å². The number of nitrogens with one attached hydrogen (secondary N) is 2. The van der Waals surface area contributed by atoms with Gasteiger partial charge in [-0.3, -0.25) is 14.8 Å². The average Bonchev–Trinajstić information content (AvgIpc) is 3.21. The summed E-state index contributed by atoms with van der Waals surface area (Å²) in [7, 11) is -9.62. The maximum atomic E-state index is 13.7. The van der Waals surface area contributed by atoms with Crippen molar-refractivity contribution in [1.29, 1.82) is 5.41 Å². The average molecular weight is 914 g/mol. The number of nitrogens with two attached hydrogens (primary N) is 1. The number of hydrogen-bond donors (Lipinski definition) is 6. The van der Waals surface area contributed by atoms with Crippen molar-refractivity contribution >= 4 is 48.7 Å². The zero-order chi connectivity index (χ0) is 45.0. The molecule has 0 saturated carbocycles. The molecule has 0 aromatic heterocycles. The first kappa shape index (κ1) is 50.0. The van der Waals surface area contributed by atoms with E-state index in [9.17, 15) is 36.1 Å². The SMILES string of the molecule is N=c1ccc2c(-c3ccccc3C(=O)O)c3ccc(N)c(S(=O)(=O)NCCOCCOCCOCCOCCOCCOCCOCCOCCC(=O)O)c3oc-2c1S(=O)(=O)O. The quantitative estimate of drug-likeness (QED) is 0.0177. The highest BCUT2D eigenvalue weighted by Gasteiger charge is 2.32. The molecule has 62 heavy (non-hydrogen) atoms. The van der Waals surface area contributed by atoms with Crippen molar-refractivity contribution in [2.75, 3.05) is 118 Å². The van der Waals surface area contributed by atoms with Crippen LogP contribution in [0.5, 0.6) is 0 Å². The number of rotatable bonds is 32. The first-order valence-electron chi connectivity index (χ1n) is 19.2. The number of aromatic carboxylic acids is 1. The second-order valence-electron chi connectivity index (χ2n) is 12.9. The molecule has 342 valence electrons. The van der Waals surface area contributed by atoms with Crippen LogP contribution < -0.4 is 15.8 Å². The van der Waals surface area contributed by atoms with E-state index in [0.29, 0.717) is 72.7 Å². The number of carboxylic acid groups (broad SMARTS) is 2. The van der Waals surface area contributed by atoms with Gasteiger partial charge in [-0.15, -0.1) is 0 Å². The molecule has 21 nitrogen and oxygen atoms in total. The summed E-state index contributed by atoms with van der Waals surface area (Å²) in [5, 5.41) is 26.1. The number of aliphatic carboxylic acids is 1. The van der Waals surface area contributed by atoms with Crippen molar-refractivity contribution < 1.29 is 83.5 Å². The molecule has 7 N–H and O–H groups in total. The molecular formula is C39H51N3O18S2. The topological polar surface area (TPSA) is 312 Å². The number of fused-ring (bicyclic) bond motifs is 2. The lowest BCUT2D eigenvalue weighted by Gasteiger charge is -2.20. The lowest BCUT2D eigenvalue weighted by molar-refractivity contribution is -0.138. The monoisotopic (exact) mass is 913 g/mol. The van der Waals surface area contributed by atoms with Crippen LogP contribution in [-0.4, -0.2) is 156 Å². The van der Waals surface area contributed by atoms with Crippen molar-refractivity contribution in [3.63, 3.8) is 0 Å². The Bertz CT molecular complexity index is 2320. The van der Waals surface area contributed by atoms with Gasteiger partial charge >= 0.3 is 11.9 Å². The highest BCUT2D eigenvalue weighted by molar-refractivity contribution is 7.90. The van der Waals surface area contributed by atoms with Crippen LogP contribution in [0.15, 0.2) is 62.7 Å². The number of carbonyl (C=O) groups is 2. The standard InChI is InChI=1S/C39H51N3O18S2/c40-31-7-5-29-34(27-3-1-2-4-28(27)39(45)46)30-6-8-32(41)38(62(49,50)51)36(30)60-35(29)37(31)61(47,48)42-10-12-53-14-16-55-18-20-57-22-24-59-26-25-58-23-21-56-19-17-54-15-13-52-11-9-33(43)44/h1-8,41-42H,9-26,40H2,(H,43,44)(H,45,46)(H,49,50,51). The first-order valence-corrected chi connectivity index (χ1v) is 22.2. The number of benzene rings is 3. The summed E-state index contributed by atoms with van der Waals surface area (Å²) in [6, 6.07) is 10.9. The maximum Gasteiger partial charge on any atom is 0.336 e. The Hall–Kier alpha value is -4.63. The summed E-state index contributed by atoms with van der Waals surface area (Å²) in [6.07, 6.45) is -0.0388. The normalized spacial score (nSPS) is 12.1. The summed E-state index contributed by atoms with van der Waals surface area (Å²) >= 11 is 0. The number of nitrogen functional groups attached to an aromatic ring is 1. The third-order valence-corrected chi connectivity index (χ3v) is 11.0. The molecule has 4 rings (SSSR count). The first-order chi connectivity index (χ1) is 29.7. The summed E-state index contributed by atoms with van der Waals surface area (Å²) < 4.78 is 114. The van der Waals surface area contributed by atoms with Crippen LogP contribution in [-0.2, 0) is 62.8 Å². The van der Waals surface area contributed by atoms with E-state index in [0.717, 1.165) is 6.07 Å². The van der Waals surface area contributed by atoms with Gasteiger partial charge in [-0.2, -0.15) is 8.42 Å². The van der Waals surface area contributed by atoms with Crippen LogP contribution in [0.4, 0.5) is 5.69 Å². The highest BCUT2D eigenvalue weighted by Crippen LogP contribution is 2.45.